The molecule has 0 aliphatic carbocycles. The van der Waals surface area contributed by atoms with Gasteiger partial charge in [0.05, 0.1) is 0 Å². The summed E-state index contributed by atoms with van der Waals surface area (Å²) in [6.07, 6.45) is 1.95. The van der Waals surface area contributed by atoms with Gasteiger partial charge in [0, 0.05) is 19.8 Å². The Bertz CT molecular complexity index is 256. The molecular formula is C12H19NO. The quantitative estimate of drug-likeness (QED) is 0.778. The highest BCUT2D eigenvalue weighted by molar-refractivity contribution is 5.24. The maximum absolute atomic E-state index is 5.99. The minimum atomic E-state index is 0.0980. The second-order valence-corrected chi connectivity index (χ2v) is 3.48. The third-order valence-electron chi connectivity index (χ3n) is 2.45. The van der Waals surface area contributed by atoms with Gasteiger partial charge in [-0.25, -0.2) is 0 Å². The SMILES string of the molecule is CCc1ccc(C(N)CCOC)cc1. The van der Waals surface area contributed by atoms with Crippen LogP contribution >= 0.6 is 0 Å². The van der Waals surface area contributed by atoms with Crippen LogP contribution in [-0.2, 0) is 11.2 Å². The molecule has 0 saturated carbocycles. The van der Waals surface area contributed by atoms with E-state index in [2.05, 4.69) is 31.2 Å². The Hall–Kier alpha value is -0.860. The summed E-state index contributed by atoms with van der Waals surface area (Å²) < 4.78 is 5.00. The van der Waals surface area contributed by atoms with Gasteiger partial charge in [0.15, 0.2) is 0 Å². The molecular weight excluding hydrogens is 174 g/mol. The van der Waals surface area contributed by atoms with Crippen LogP contribution in [0.25, 0.3) is 0 Å². The summed E-state index contributed by atoms with van der Waals surface area (Å²) in [5.41, 5.74) is 8.54. The predicted molar refractivity (Wildman–Crippen MR) is 59.2 cm³/mol. The Kier molecular flexibility index (Phi) is 4.63. The minimum Gasteiger partial charge on any atom is -0.385 e. The Morgan fingerprint density at radius 3 is 2.43 bits per heavy atom. The summed E-state index contributed by atoms with van der Waals surface area (Å²) in [5, 5.41) is 0. The first-order valence-electron chi connectivity index (χ1n) is 5.11. The van der Waals surface area contributed by atoms with Gasteiger partial charge in [-0.05, 0) is 24.0 Å². The van der Waals surface area contributed by atoms with E-state index in [0.717, 1.165) is 19.4 Å². The lowest BCUT2D eigenvalue weighted by molar-refractivity contribution is 0.188. The van der Waals surface area contributed by atoms with Crippen molar-refractivity contribution in [3.05, 3.63) is 35.4 Å². The van der Waals surface area contributed by atoms with Crippen molar-refractivity contribution in [2.75, 3.05) is 13.7 Å². The van der Waals surface area contributed by atoms with Crippen LogP contribution in [0.5, 0.6) is 0 Å². The molecule has 0 fully saturated rings. The van der Waals surface area contributed by atoms with Gasteiger partial charge in [0.1, 0.15) is 0 Å². The molecule has 0 spiro atoms. The zero-order valence-corrected chi connectivity index (χ0v) is 8.99. The van der Waals surface area contributed by atoms with Crippen LogP contribution in [0.4, 0.5) is 0 Å². The molecule has 0 saturated heterocycles. The maximum Gasteiger partial charge on any atom is 0.0480 e. The van der Waals surface area contributed by atoms with E-state index in [4.69, 9.17) is 10.5 Å². The van der Waals surface area contributed by atoms with Gasteiger partial charge in [-0.1, -0.05) is 31.2 Å². The number of ether oxygens (including phenoxy) is 1. The fraction of sp³-hybridized carbons (Fsp3) is 0.500. The molecule has 1 unspecified atom stereocenters. The highest BCUT2D eigenvalue weighted by atomic mass is 16.5. The van der Waals surface area contributed by atoms with Gasteiger partial charge < -0.3 is 10.5 Å². The van der Waals surface area contributed by atoms with Crippen molar-refractivity contribution < 1.29 is 4.74 Å². The number of hydrogen-bond donors (Lipinski definition) is 1. The molecule has 78 valence electrons. The molecule has 0 bridgehead atoms. The van der Waals surface area contributed by atoms with Crippen LogP contribution in [-0.4, -0.2) is 13.7 Å². The predicted octanol–water partition coefficient (Wildman–Crippen LogP) is 2.29. The molecule has 1 atom stereocenters. The summed E-state index contributed by atoms with van der Waals surface area (Å²) in [4.78, 5) is 0. The Morgan fingerprint density at radius 1 is 1.29 bits per heavy atom. The van der Waals surface area contributed by atoms with Crippen LogP contribution in [0.2, 0.25) is 0 Å². The number of rotatable bonds is 5. The van der Waals surface area contributed by atoms with E-state index in [1.165, 1.54) is 11.1 Å². The van der Waals surface area contributed by atoms with E-state index >= 15 is 0 Å². The fourth-order valence-electron chi connectivity index (χ4n) is 1.41. The van der Waals surface area contributed by atoms with E-state index < -0.39 is 0 Å². The molecule has 2 heteroatoms. The summed E-state index contributed by atoms with van der Waals surface area (Å²) in [5.74, 6) is 0. The number of benzene rings is 1. The van der Waals surface area contributed by atoms with Gasteiger partial charge in [-0.15, -0.1) is 0 Å². The average Bonchev–Trinajstić information content (AvgIpc) is 2.26. The zero-order chi connectivity index (χ0) is 10.4. The topological polar surface area (TPSA) is 35.2 Å². The van der Waals surface area contributed by atoms with Crippen LogP contribution in [0.1, 0.15) is 30.5 Å². The maximum atomic E-state index is 5.99. The van der Waals surface area contributed by atoms with Crippen molar-refractivity contribution in [2.45, 2.75) is 25.8 Å². The summed E-state index contributed by atoms with van der Waals surface area (Å²) >= 11 is 0. The number of aryl methyl sites for hydroxylation is 1. The van der Waals surface area contributed by atoms with Crippen LogP contribution < -0.4 is 5.73 Å². The molecule has 1 aromatic carbocycles. The van der Waals surface area contributed by atoms with Crippen molar-refractivity contribution in [1.29, 1.82) is 0 Å². The van der Waals surface area contributed by atoms with Gasteiger partial charge in [0.2, 0.25) is 0 Å². The normalized spacial score (nSPS) is 12.8. The molecule has 0 aliphatic heterocycles. The second kappa shape index (κ2) is 5.78. The lowest BCUT2D eigenvalue weighted by Crippen LogP contribution is -2.12. The van der Waals surface area contributed by atoms with Crippen molar-refractivity contribution in [2.24, 2.45) is 5.73 Å². The van der Waals surface area contributed by atoms with Crippen molar-refractivity contribution in [1.82, 2.24) is 0 Å². The smallest absolute Gasteiger partial charge is 0.0480 e. The van der Waals surface area contributed by atoms with Crippen molar-refractivity contribution in [3.63, 3.8) is 0 Å². The molecule has 0 aliphatic rings. The number of nitrogens with two attached hydrogens (primary N) is 1. The standard InChI is InChI=1S/C12H19NO/c1-3-10-4-6-11(7-5-10)12(13)8-9-14-2/h4-7,12H,3,8-9,13H2,1-2H3. The first-order chi connectivity index (χ1) is 6.77. The Balaban J connectivity index is 2.57. The molecule has 1 aromatic rings. The summed E-state index contributed by atoms with van der Waals surface area (Å²) in [6, 6.07) is 8.60. The van der Waals surface area contributed by atoms with Crippen LogP contribution in [0, 0.1) is 0 Å². The molecule has 2 nitrogen and oxygen atoms in total. The monoisotopic (exact) mass is 193 g/mol. The third kappa shape index (κ3) is 3.13. The van der Waals surface area contributed by atoms with Gasteiger partial charge in [-0.3, -0.25) is 0 Å². The molecule has 1 rings (SSSR count). The summed E-state index contributed by atoms with van der Waals surface area (Å²) in [6.45, 7) is 2.87. The lowest BCUT2D eigenvalue weighted by Gasteiger charge is -2.11. The molecule has 0 heterocycles. The molecule has 0 radical (unpaired) electrons. The Labute approximate surface area is 86.1 Å². The fourth-order valence-corrected chi connectivity index (χ4v) is 1.41. The largest absolute Gasteiger partial charge is 0.385 e. The third-order valence-corrected chi connectivity index (χ3v) is 2.45. The van der Waals surface area contributed by atoms with E-state index in [0.29, 0.717) is 0 Å². The molecule has 0 aromatic heterocycles. The summed E-state index contributed by atoms with van der Waals surface area (Å²) in [7, 11) is 1.70. The van der Waals surface area contributed by atoms with Gasteiger partial charge in [0.25, 0.3) is 0 Å². The highest BCUT2D eigenvalue weighted by Gasteiger charge is 2.04. The van der Waals surface area contributed by atoms with E-state index in [9.17, 15) is 0 Å². The highest BCUT2D eigenvalue weighted by Crippen LogP contribution is 2.14. The number of methoxy groups -OCH3 is 1. The van der Waals surface area contributed by atoms with Crippen molar-refractivity contribution >= 4 is 0 Å². The lowest BCUT2D eigenvalue weighted by atomic mass is 10.0. The average molecular weight is 193 g/mol. The first kappa shape index (κ1) is 11.2. The van der Waals surface area contributed by atoms with Crippen molar-refractivity contribution in [3.8, 4) is 0 Å². The van der Waals surface area contributed by atoms with E-state index in [1.807, 2.05) is 0 Å². The molecule has 2 N–H and O–H groups in total. The zero-order valence-electron chi connectivity index (χ0n) is 8.99. The molecule has 14 heavy (non-hydrogen) atoms. The second-order valence-electron chi connectivity index (χ2n) is 3.48. The van der Waals surface area contributed by atoms with E-state index in [1.54, 1.807) is 7.11 Å². The number of hydrogen-bond acceptors (Lipinski definition) is 2. The first-order valence-corrected chi connectivity index (χ1v) is 5.11. The van der Waals surface area contributed by atoms with Gasteiger partial charge >= 0.3 is 0 Å². The van der Waals surface area contributed by atoms with Crippen LogP contribution in [0.15, 0.2) is 24.3 Å². The minimum absolute atomic E-state index is 0.0980. The Morgan fingerprint density at radius 2 is 1.93 bits per heavy atom. The van der Waals surface area contributed by atoms with Crippen LogP contribution in [0.3, 0.4) is 0 Å². The van der Waals surface area contributed by atoms with E-state index in [-0.39, 0.29) is 6.04 Å². The molecule has 0 amide bonds. The van der Waals surface area contributed by atoms with Gasteiger partial charge in [-0.2, -0.15) is 0 Å².